The monoisotopic (exact) mass is 389 g/mol. The molecular formula is C19H20ClN3O2S. The van der Waals surface area contributed by atoms with Gasteiger partial charge in [0.15, 0.2) is 0 Å². The molecule has 2 aromatic carbocycles. The Labute approximate surface area is 161 Å². The number of nitrogens with one attached hydrogen (secondary N) is 2. The van der Waals surface area contributed by atoms with E-state index in [1.165, 1.54) is 4.70 Å². The number of aryl methyl sites for hydroxylation is 1. The zero-order valence-electron chi connectivity index (χ0n) is 14.4. The lowest BCUT2D eigenvalue weighted by Gasteiger charge is -2.11. The van der Waals surface area contributed by atoms with Crippen molar-refractivity contribution in [1.29, 1.82) is 0 Å². The molecular weight excluding hydrogens is 370 g/mol. The van der Waals surface area contributed by atoms with Gasteiger partial charge in [0.25, 0.3) is 0 Å². The second kappa shape index (κ2) is 8.87. The van der Waals surface area contributed by atoms with Crippen LogP contribution in [0.3, 0.4) is 0 Å². The number of halogens is 1. The van der Waals surface area contributed by atoms with Crippen molar-refractivity contribution in [1.82, 2.24) is 15.6 Å². The van der Waals surface area contributed by atoms with Crippen LogP contribution in [0.1, 0.15) is 17.0 Å². The van der Waals surface area contributed by atoms with Crippen LogP contribution in [0.25, 0.3) is 10.2 Å². The molecule has 1 heterocycles. The number of para-hydroxylation sites is 1. The maximum atomic E-state index is 11.9. The average molecular weight is 390 g/mol. The molecule has 2 N–H and O–H groups in total. The summed E-state index contributed by atoms with van der Waals surface area (Å²) in [6.45, 7) is 0.946. The summed E-state index contributed by atoms with van der Waals surface area (Å²) in [5, 5.41) is 7.39. The van der Waals surface area contributed by atoms with E-state index in [0.717, 1.165) is 28.9 Å². The molecule has 0 saturated heterocycles. The summed E-state index contributed by atoms with van der Waals surface area (Å²) in [6.07, 6.45) is 1.69. The number of hydrogen-bond donors (Lipinski definition) is 2. The summed E-state index contributed by atoms with van der Waals surface area (Å²) in [5.41, 5.74) is 1.87. The molecule has 0 bridgehead atoms. The first-order chi connectivity index (χ1) is 12.7. The minimum atomic E-state index is -0.212. The highest BCUT2D eigenvalue weighted by atomic mass is 35.5. The van der Waals surface area contributed by atoms with Gasteiger partial charge in [-0.2, -0.15) is 0 Å². The molecule has 0 saturated carbocycles. The Hall–Kier alpha value is -2.31. The predicted octanol–water partition coefficient (Wildman–Crippen LogP) is 4.39. The Balaban J connectivity index is 1.41. The van der Waals surface area contributed by atoms with Gasteiger partial charge < -0.3 is 15.4 Å². The average Bonchev–Trinajstić information content (AvgIpc) is 3.06. The maximum Gasteiger partial charge on any atom is 0.315 e. The summed E-state index contributed by atoms with van der Waals surface area (Å²) in [6, 6.07) is 13.2. The molecule has 0 fully saturated rings. The van der Waals surface area contributed by atoms with Crippen LogP contribution in [0.4, 0.5) is 4.79 Å². The van der Waals surface area contributed by atoms with E-state index in [1.807, 2.05) is 18.2 Å². The third-order valence-electron chi connectivity index (χ3n) is 3.87. The van der Waals surface area contributed by atoms with E-state index in [0.29, 0.717) is 23.9 Å². The fraction of sp³-hybridized carbons (Fsp3) is 0.263. The summed E-state index contributed by atoms with van der Waals surface area (Å²) in [4.78, 5) is 16.5. The molecule has 0 atom stereocenters. The molecule has 3 rings (SSSR count). The fourth-order valence-electron chi connectivity index (χ4n) is 2.59. The lowest BCUT2D eigenvalue weighted by Crippen LogP contribution is -2.35. The first kappa shape index (κ1) is 18.5. The van der Waals surface area contributed by atoms with Crippen molar-refractivity contribution in [2.45, 2.75) is 19.4 Å². The first-order valence-corrected chi connectivity index (χ1v) is 9.53. The van der Waals surface area contributed by atoms with Crippen LogP contribution in [-0.4, -0.2) is 24.7 Å². The minimum absolute atomic E-state index is 0.212. The number of fused-ring (bicyclic) bond motifs is 1. The van der Waals surface area contributed by atoms with Gasteiger partial charge in [0.05, 0.1) is 22.3 Å². The molecule has 136 valence electrons. The summed E-state index contributed by atoms with van der Waals surface area (Å²) >= 11 is 7.69. The molecule has 0 aliphatic rings. The van der Waals surface area contributed by atoms with Crippen molar-refractivity contribution in [2.75, 3.05) is 13.7 Å². The van der Waals surface area contributed by atoms with Gasteiger partial charge in [-0.05, 0) is 36.8 Å². The molecule has 26 heavy (non-hydrogen) atoms. The van der Waals surface area contributed by atoms with Crippen molar-refractivity contribution in [2.24, 2.45) is 0 Å². The Kier molecular flexibility index (Phi) is 6.30. The normalized spacial score (nSPS) is 10.7. The third-order valence-corrected chi connectivity index (χ3v) is 5.20. The van der Waals surface area contributed by atoms with Crippen LogP contribution in [0.5, 0.6) is 5.75 Å². The van der Waals surface area contributed by atoms with E-state index in [4.69, 9.17) is 16.3 Å². The van der Waals surface area contributed by atoms with Gasteiger partial charge in [0, 0.05) is 30.1 Å². The van der Waals surface area contributed by atoms with Crippen LogP contribution in [0, 0.1) is 0 Å². The van der Waals surface area contributed by atoms with Crippen molar-refractivity contribution in [3.8, 4) is 5.75 Å². The van der Waals surface area contributed by atoms with Gasteiger partial charge in [-0.3, -0.25) is 0 Å². The molecule has 0 radical (unpaired) electrons. The van der Waals surface area contributed by atoms with Crippen molar-refractivity contribution < 1.29 is 9.53 Å². The number of urea groups is 1. The Morgan fingerprint density at radius 3 is 2.88 bits per heavy atom. The second-order valence-corrected chi connectivity index (χ2v) is 7.30. The highest BCUT2D eigenvalue weighted by Gasteiger charge is 2.07. The lowest BCUT2D eigenvalue weighted by atomic mass is 10.2. The Bertz CT molecular complexity index is 864. The number of thiazole rings is 1. The molecule has 1 aromatic heterocycles. The number of hydrogen-bond acceptors (Lipinski definition) is 4. The highest BCUT2D eigenvalue weighted by molar-refractivity contribution is 7.18. The van der Waals surface area contributed by atoms with Gasteiger partial charge in [-0.25, -0.2) is 9.78 Å². The van der Waals surface area contributed by atoms with E-state index >= 15 is 0 Å². The van der Waals surface area contributed by atoms with Crippen LogP contribution in [0.15, 0.2) is 42.5 Å². The quantitative estimate of drug-likeness (QED) is 0.589. The minimum Gasteiger partial charge on any atom is -0.496 e. The van der Waals surface area contributed by atoms with Crippen molar-refractivity contribution in [3.63, 3.8) is 0 Å². The van der Waals surface area contributed by atoms with E-state index in [2.05, 4.69) is 21.7 Å². The Morgan fingerprint density at radius 1 is 1.23 bits per heavy atom. The van der Waals surface area contributed by atoms with Gasteiger partial charge in [-0.15, -0.1) is 11.3 Å². The van der Waals surface area contributed by atoms with Crippen LogP contribution in [-0.2, 0) is 13.0 Å². The molecule has 0 spiro atoms. The molecule has 3 aromatic rings. The highest BCUT2D eigenvalue weighted by Crippen LogP contribution is 2.23. The summed E-state index contributed by atoms with van der Waals surface area (Å²) in [7, 11) is 1.59. The van der Waals surface area contributed by atoms with Gasteiger partial charge in [-0.1, -0.05) is 23.7 Å². The molecule has 2 amide bonds. The van der Waals surface area contributed by atoms with Crippen LogP contribution < -0.4 is 15.4 Å². The lowest BCUT2D eigenvalue weighted by molar-refractivity contribution is 0.240. The first-order valence-electron chi connectivity index (χ1n) is 8.34. The zero-order chi connectivity index (χ0) is 18.4. The number of rotatable bonds is 7. The molecule has 0 aliphatic carbocycles. The predicted molar refractivity (Wildman–Crippen MR) is 106 cm³/mol. The van der Waals surface area contributed by atoms with E-state index < -0.39 is 0 Å². The van der Waals surface area contributed by atoms with Crippen molar-refractivity contribution >= 4 is 39.2 Å². The number of carbonyl (C=O) groups excluding carboxylic acids is 1. The summed E-state index contributed by atoms with van der Waals surface area (Å²) in [5.74, 6) is 0.700. The summed E-state index contributed by atoms with van der Waals surface area (Å²) < 4.78 is 6.47. The van der Waals surface area contributed by atoms with E-state index in [-0.39, 0.29) is 6.03 Å². The van der Waals surface area contributed by atoms with Gasteiger partial charge >= 0.3 is 6.03 Å². The largest absolute Gasteiger partial charge is 0.496 e. The fourth-order valence-corrected chi connectivity index (χ4v) is 3.80. The Morgan fingerprint density at radius 2 is 2.08 bits per heavy atom. The van der Waals surface area contributed by atoms with E-state index in [9.17, 15) is 4.79 Å². The standard InChI is InChI=1S/C19H20ClN3O2S/c1-25-16-9-8-14(20)11-13(16)12-22-19(24)21-10-4-7-18-23-15-5-2-3-6-17(15)26-18/h2-3,5-6,8-9,11H,4,7,10,12H2,1H3,(H2,21,22,24). The molecule has 7 heteroatoms. The number of ether oxygens (including phenoxy) is 1. The molecule has 5 nitrogen and oxygen atoms in total. The van der Waals surface area contributed by atoms with Crippen LogP contribution in [0.2, 0.25) is 5.02 Å². The smallest absolute Gasteiger partial charge is 0.315 e. The number of carbonyl (C=O) groups is 1. The van der Waals surface area contributed by atoms with Crippen molar-refractivity contribution in [3.05, 3.63) is 58.1 Å². The number of nitrogens with zero attached hydrogens (tertiary/aromatic N) is 1. The van der Waals surface area contributed by atoms with Gasteiger partial charge in [0.2, 0.25) is 0 Å². The molecule has 0 aliphatic heterocycles. The van der Waals surface area contributed by atoms with E-state index in [1.54, 1.807) is 36.6 Å². The topological polar surface area (TPSA) is 63.2 Å². The SMILES string of the molecule is COc1ccc(Cl)cc1CNC(=O)NCCCc1nc2ccccc2s1. The second-order valence-electron chi connectivity index (χ2n) is 5.74. The molecule has 0 unspecified atom stereocenters. The number of amides is 2. The number of methoxy groups -OCH3 is 1. The number of benzene rings is 2. The number of aromatic nitrogens is 1. The van der Waals surface area contributed by atoms with Crippen LogP contribution >= 0.6 is 22.9 Å². The zero-order valence-corrected chi connectivity index (χ0v) is 16.0. The maximum absolute atomic E-state index is 11.9. The van der Waals surface area contributed by atoms with Gasteiger partial charge in [0.1, 0.15) is 5.75 Å². The third kappa shape index (κ3) is 4.86.